The van der Waals surface area contributed by atoms with Crippen molar-refractivity contribution in [2.24, 2.45) is 0 Å². The fourth-order valence-electron chi connectivity index (χ4n) is 2.12. The smallest absolute Gasteiger partial charge is 0.274 e. The quantitative estimate of drug-likeness (QED) is 0.804. The first-order valence-corrected chi connectivity index (χ1v) is 7.45. The highest BCUT2D eigenvalue weighted by molar-refractivity contribution is 7.11. The van der Waals surface area contributed by atoms with Gasteiger partial charge in [0.15, 0.2) is 5.69 Å². The van der Waals surface area contributed by atoms with Gasteiger partial charge in [-0.2, -0.15) is 5.10 Å². The molecule has 1 aliphatic carbocycles. The van der Waals surface area contributed by atoms with Crippen LogP contribution in [-0.2, 0) is 0 Å². The van der Waals surface area contributed by atoms with Gasteiger partial charge in [0.25, 0.3) is 5.91 Å². The van der Waals surface area contributed by atoms with E-state index in [9.17, 15) is 4.79 Å². The molecule has 0 aliphatic heterocycles. The number of anilines is 1. The predicted octanol–water partition coefficient (Wildman–Crippen LogP) is 2.13. The molecule has 1 unspecified atom stereocenters. The van der Waals surface area contributed by atoms with Gasteiger partial charge in [0, 0.05) is 17.0 Å². The van der Waals surface area contributed by atoms with Gasteiger partial charge >= 0.3 is 0 Å². The molecule has 20 heavy (non-hydrogen) atoms. The summed E-state index contributed by atoms with van der Waals surface area (Å²) in [5.41, 5.74) is 7.66. The number of amides is 1. The minimum absolute atomic E-state index is 0.151. The summed E-state index contributed by atoms with van der Waals surface area (Å²) in [6, 6.07) is -0.151. The van der Waals surface area contributed by atoms with Crippen LogP contribution in [0.4, 0.5) is 5.69 Å². The van der Waals surface area contributed by atoms with Crippen LogP contribution in [-0.4, -0.2) is 21.1 Å². The van der Waals surface area contributed by atoms with Gasteiger partial charge in [0.05, 0.1) is 17.4 Å². The van der Waals surface area contributed by atoms with Gasteiger partial charge < -0.3 is 11.1 Å². The first-order chi connectivity index (χ1) is 9.56. The summed E-state index contributed by atoms with van der Waals surface area (Å²) in [7, 11) is 0. The Balaban J connectivity index is 1.72. The van der Waals surface area contributed by atoms with Crippen molar-refractivity contribution >= 4 is 22.9 Å². The molecule has 1 fully saturated rings. The van der Waals surface area contributed by atoms with Crippen LogP contribution < -0.4 is 11.1 Å². The van der Waals surface area contributed by atoms with Crippen LogP contribution in [0.1, 0.15) is 57.8 Å². The van der Waals surface area contributed by atoms with Gasteiger partial charge in [-0.25, -0.2) is 4.98 Å². The summed E-state index contributed by atoms with van der Waals surface area (Å²) in [6.45, 7) is 3.89. The number of nitrogens with two attached hydrogens (primary N) is 1. The normalized spacial score (nSPS) is 16.1. The number of thiazole rings is 1. The summed E-state index contributed by atoms with van der Waals surface area (Å²) in [6.07, 6.45) is 4.03. The van der Waals surface area contributed by atoms with E-state index in [1.54, 1.807) is 17.5 Å². The first-order valence-electron chi connectivity index (χ1n) is 6.63. The zero-order chi connectivity index (χ0) is 14.3. The number of H-pyrrole nitrogens is 1. The number of carbonyl (C=O) groups is 1. The van der Waals surface area contributed by atoms with E-state index in [1.165, 1.54) is 0 Å². The maximum absolute atomic E-state index is 12.2. The van der Waals surface area contributed by atoms with E-state index in [0.717, 1.165) is 28.4 Å². The van der Waals surface area contributed by atoms with Crippen LogP contribution in [0.5, 0.6) is 0 Å². The summed E-state index contributed by atoms with van der Waals surface area (Å²) in [5.74, 6) is 0.189. The monoisotopic (exact) mass is 291 g/mol. The van der Waals surface area contributed by atoms with E-state index in [1.807, 2.05) is 13.8 Å². The highest BCUT2D eigenvalue weighted by Crippen LogP contribution is 2.42. The zero-order valence-electron chi connectivity index (χ0n) is 11.4. The number of carbonyl (C=O) groups excluding carboxylic acids is 1. The number of aryl methyl sites for hydroxylation is 1. The molecule has 0 aromatic carbocycles. The number of nitrogens with one attached hydrogen (secondary N) is 2. The topological polar surface area (TPSA) is 96.7 Å². The van der Waals surface area contributed by atoms with Gasteiger partial charge in [-0.1, -0.05) is 0 Å². The van der Waals surface area contributed by atoms with Crippen LogP contribution >= 0.6 is 11.3 Å². The summed E-state index contributed by atoms with van der Waals surface area (Å²) >= 11 is 1.57. The minimum atomic E-state index is -0.258. The first kappa shape index (κ1) is 13.1. The Bertz CT molecular complexity index is 643. The zero-order valence-corrected chi connectivity index (χ0v) is 12.3. The van der Waals surface area contributed by atoms with Crippen LogP contribution in [0.3, 0.4) is 0 Å². The lowest BCUT2D eigenvalue weighted by Crippen LogP contribution is -2.27. The molecule has 6 nitrogen and oxygen atoms in total. The summed E-state index contributed by atoms with van der Waals surface area (Å²) in [5, 5.41) is 10.7. The van der Waals surface area contributed by atoms with Crippen molar-refractivity contribution in [3.63, 3.8) is 0 Å². The number of rotatable bonds is 4. The lowest BCUT2D eigenvalue weighted by atomic mass is 10.2. The third kappa shape index (κ3) is 2.40. The second-order valence-electron chi connectivity index (χ2n) is 5.18. The molecular weight excluding hydrogens is 274 g/mol. The lowest BCUT2D eigenvalue weighted by Gasteiger charge is -2.10. The average molecular weight is 291 g/mol. The number of aromatic nitrogens is 3. The van der Waals surface area contributed by atoms with Crippen molar-refractivity contribution in [1.82, 2.24) is 20.5 Å². The number of hydrogen-bond donors (Lipinski definition) is 3. The Hall–Kier alpha value is -1.89. The van der Waals surface area contributed by atoms with E-state index >= 15 is 0 Å². The molecule has 4 N–H and O–H groups in total. The van der Waals surface area contributed by atoms with Crippen molar-refractivity contribution in [2.75, 3.05) is 5.73 Å². The SMILES string of the molecule is Cc1cnc(C(C)NC(=O)c2n[nH]c(C3CC3)c2N)s1. The molecule has 1 atom stereocenters. The van der Waals surface area contributed by atoms with E-state index in [-0.39, 0.29) is 17.6 Å². The summed E-state index contributed by atoms with van der Waals surface area (Å²) in [4.78, 5) is 17.6. The van der Waals surface area contributed by atoms with Crippen LogP contribution in [0.25, 0.3) is 0 Å². The molecule has 2 heterocycles. The average Bonchev–Trinajstić information content (AvgIpc) is 3.03. The largest absolute Gasteiger partial charge is 0.395 e. The molecule has 1 amide bonds. The molecule has 106 valence electrons. The Kier molecular flexibility index (Phi) is 3.21. The van der Waals surface area contributed by atoms with Gasteiger partial charge in [-0.05, 0) is 26.7 Å². The van der Waals surface area contributed by atoms with Gasteiger partial charge in [-0.3, -0.25) is 9.89 Å². The second-order valence-corrected chi connectivity index (χ2v) is 6.44. The van der Waals surface area contributed by atoms with Crippen LogP contribution in [0, 0.1) is 6.92 Å². The Morgan fingerprint density at radius 2 is 2.35 bits per heavy atom. The Morgan fingerprint density at radius 1 is 1.60 bits per heavy atom. The van der Waals surface area contributed by atoms with Gasteiger partial charge in [0.2, 0.25) is 0 Å². The predicted molar refractivity (Wildman–Crippen MR) is 77.7 cm³/mol. The molecule has 0 bridgehead atoms. The summed E-state index contributed by atoms with van der Waals surface area (Å²) < 4.78 is 0. The molecule has 0 spiro atoms. The molecule has 2 aromatic rings. The van der Waals surface area contributed by atoms with E-state index in [4.69, 9.17) is 5.73 Å². The molecule has 1 saturated carbocycles. The van der Waals surface area contributed by atoms with Crippen LogP contribution in [0.15, 0.2) is 6.20 Å². The molecular formula is C13H17N5OS. The fraction of sp³-hybridized carbons (Fsp3) is 0.462. The van der Waals surface area contributed by atoms with Crippen molar-refractivity contribution in [2.45, 2.75) is 38.6 Å². The van der Waals surface area contributed by atoms with Crippen molar-refractivity contribution in [3.8, 4) is 0 Å². The molecule has 0 radical (unpaired) electrons. The fourth-order valence-corrected chi connectivity index (χ4v) is 2.90. The molecule has 0 saturated heterocycles. The number of hydrogen-bond acceptors (Lipinski definition) is 5. The second kappa shape index (κ2) is 4.90. The standard InChI is InChI=1S/C13H17N5OS/c1-6-5-15-13(20-6)7(2)16-12(19)11-9(14)10(17-18-11)8-3-4-8/h5,7-8H,3-4,14H2,1-2H3,(H,16,19)(H,17,18). The van der Waals surface area contributed by atoms with E-state index in [0.29, 0.717) is 11.6 Å². The highest BCUT2D eigenvalue weighted by Gasteiger charge is 2.30. The maximum Gasteiger partial charge on any atom is 0.274 e. The van der Waals surface area contributed by atoms with Gasteiger partial charge in [0.1, 0.15) is 5.01 Å². The van der Waals surface area contributed by atoms with Crippen molar-refractivity contribution < 1.29 is 4.79 Å². The minimum Gasteiger partial charge on any atom is -0.395 e. The van der Waals surface area contributed by atoms with Gasteiger partial charge in [-0.15, -0.1) is 11.3 Å². The third-order valence-corrected chi connectivity index (χ3v) is 4.49. The molecule has 3 rings (SSSR count). The molecule has 1 aliphatic rings. The van der Waals surface area contributed by atoms with Crippen molar-refractivity contribution in [3.05, 3.63) is 27.5 Å². The molecule has 7 heteroatoms. The number of nitrogens with zero attached hydrogens (tertiary/aromatic N) is 2. The van der Waals surface area contributed by atoms with E-state index in [2.05, 4.69) is 20.5 Å². The number of nitrogen functional groups attached to an aromatic ring is 1. The molecule has 2 aromatic heterocycles. The lowest BCUT2D eigenvalue weighted by molar-refractivity contribution is 0.0935. The Labute approximate surface area is 120 Å². The van der Waals surface area contributed by atoms with E-state index < -0.39 is 0 Å². The van der Waals surface area contributed by atoms with Crippen molar-refractivity contribution in [1.29, 1.82) is 0 Å². The third-order valence-electron chi connectivity index (χ3n) is 3.39. The number of aromatic amines is 1. The maximum atomic E-state index is 12.2. The Morgan fingerprint density at radius 3 is 2.95 bits per heavy atom. The highest BCUT2D eigenvalue weighted by atomic mass is 32.1. The van der Waals surface area contributed by atoms with Crippen LogP contribution in [0.2, 0.25) is 0 Å².